The van der Waals surface area contributed by atoms with Gasteiger partial charge in [-0.2, -0.15) is 0 Å². The standard InChI is InChI=1S/C23H28F2N6O5/c1-12-4-5-13(19(25)18(12)24)14-8-31(29-26-14)20-21(33)16(11-32)36-15(22(20)35-2)9-30-10-17(27-28-30)23(34)6-3-7-23/h4-5,8,10,15-16,20-22,32-34H,3,6-7,9,11H2,1-2H3/t15-,16-,20+,21+,22+/m1/s1. The number of nitrogens with zero attached hydrogens (tertiary/aromatic N) is 6. The van der Waals surface area contributed by atoms with Gasteiger partial charge in [0, 0.05) is 12.7 Å². The number of aromatic nitrogens is 6. The minimum Gasteiger partial charge on any atom is -0.394 e. The molecule has 0 amide bonds. The third-order valence-corrected chi connectivity index (χ3v) is 7.17. The summed E-state index contributed by atoms with van der Waals surface area (Å²) in [6, 6.07) is 1.98. The van der Waals surface area contributed by atoms with E-state index < -0.39 is 54.3 Å². The molecule has 0 spiro atoms. The Labute approximate surface area is 205 Å². The monoisotopic (exact) mass is 506 g/mol. The fourth-order valence-corrected chi connectivity index (χ4v) is 4.86. The van der Waals surface area contributed by atoms with Gasteiger partial charge in [0.2, 0.25) is 0 Å². The van der Waals surface area contributed by atoms with Gasteiger partial charge in [-0.25, -0.2) is 18.1 Å². The molecule has 1 saturated heterocycles. The fraction of sp³-hybridized carbons (Fsp3) is 0.565. The fourth-order valence-electron chi connectivity index (χ4n) is 4.86. The summed E-state index contributed by atoms with van der Waals surface area (Å²) in [7, 11) is 1.44. The molecule has 3 aromatic rings. The van der Waals surface area contributed by atoms with Gasteiger partial charge in [-0.15, -0.1) is 10.2 Å². The number of ether oxygens (including phenoxy) is 2. The molecular formula is C23H28F2N6O5. The van der Waals surface area contributed by atoms with Crippen LogP contribution >= 0.6 is 0 Å². The minimum absolute atomic E-state index is 0.0702. The number of rotatable bonds is 7. The Morgan fingerprint density at radius 2 is 1.92 bits per heavy atom. The van der Waals surface area contributed by atoms with Gasteiger partial charge in [-0.3, -0.25) is 0 Å². The number of aliphatic hydroxyl groups is 3. The lowest BCUT2D eigenvalue weighted by atomic mass is 9.78. The summed E-state index contributed by atoms with van der Waals surface area (Å²) in [6.45, 7) is 1.13. The first-order valence-electron chi connectivity index (χ1n) is 11.7. The van der Waals surface area contributed by atoms with Gasteiger partial charge in [0.15, 0.2) is 11.6 Å². The number of halogens is 2. The quantitative estimate of drug-likeness (QED) is 0.426. The minimum atomic E-state index is -1.24. The Kier molecular flexibility index (Phi) is 6.59. The SMILES string of the molecule is CO[C@@H]1[C@@H](n2cc(-c3ccc(C)c(F)c3F)nn2)[C@@H](O)[C@@H](CO)O[C@@H]1Cn1cc(C2(O)CCC2)nn1. The maximum Gasteiger partial charge on any atom is 0.168 e. The summed E-state index contributed by atoms with van der Waals surface area (Å²) in [5.41, 5.74) is -0.328. The average Bonchev–Trinajstić information content (AvgIpc) is 3.52. The van der Waals surface area contributed by atoms with Gasteiger partial charge in [-0.05, 0) is 37.8 Å². The average molecular weight is 507 g/mol. The van der Waals surface area contributed by atoms with Crippen molar-refractivity contribution in [3.63, 3.8) is 0 Å². The number of benzene rings is 1. The van der Waals surface area contributed by atoms with Gasteiger partial charge in [0.05, 0.1) is 25.5 Å². The number of methoxy groups -OCH3 is 1. The summed E-state index contributed by atoms with van der Waals surface area (Å²) in [4.78, 5) is 0. The predicted molar refractivity (Wildman–Crippen MR) is 119 cm³/mol. The molecule has 0 radical (unpaired) electrons. The molecule has 1 saturated carbocycles. The van der Waals surface area contributed by atoms with E-state index in [1.165, 1.54) is 41.7 Å². The molecule has 5 rings (SSSR count). The molecule has 0 unspecified atom stereocenters. The van der Waals surface area contributed by atoms with E-state index in [0.29, 0.717) is 18.5 Å². The van der Waals surface area contributed by atoms with Crippen molar-refractivity contribution in [3.05, 3.63) is 47.4 Å². The van der Waals surface area contributed by atoms with Gasteiger partial charge in [0.1, 0.15) is 47.4 Å². The Morgan fingerprint density at radius 1 is 1.14 bits per heavy atom. The van der Waals surface area contributed by atoms with E-state index in [2.05, 4.69) is 20.6 Å². The third-order valence-electron chi connectivity index (χ3n) is 7.17. The predicted octanol–water partition coefficient (Wildman–Crippen LogP) is 0.872. The summed E-state index contributed by atoms with van der Waals surface area (Å²) >= 11 is 0. The smallest absolute Gasteiger partial charge is 0.168 e. The van der Waals surface area contributed by atoms with E-state index in [1.807, 2.05) is 0 Å². The van der Waals surface area contributed by atoms with Crippen molar-refractivity contribution >= 4 is 0 Å². The van der Waals surface area contributed by atoms with E-state index >= 15 is 0 Å². The molecule has 5 atom stereocenters. The van der Waals surface area contributed by atoms with Crippen molar-refractivity contribution in [1.29, 1.82) is 0 Å². The molecule has 2 aliphatic rings. The highest BCUT2D eigenvalue weighted by atomic mass is 19.2. The number of aliphatic hydroxyl groups excluding tert-OH is 2. The van der Waals surface area contributed by atoms with Crippen LogP contribution in [0.5, 0.6) is 0 Å². The lowest BCUT2D eigenvalue weighted by Crippen LogP contribution is -2.57. The van der Waals surface area contributed by atoms with Crippen LogP contribution in [0.2, 0.25) is 0 Å². The Balaban J connectivity index is 1.43. The molecular weight excluding hydrogens is 478 g/mol. The zero-order valence-corrected chi connectivity index (χ0v) is 19.8. The van der Waals surface area contributed by atoms with Crippen molar-refractivity contribution in [2.75, 3.05) is 13.7 Å². The molecule has 36 heavy (non-hydrogen) atoms. The lowest BCUT2D eigenvalue weighted by Gasteiger charge is -2.43. The van der Waals surface area contributed by atoms with Crippen molar-refractivity contribution in [2.24, 2.45) is 0 Å². The van der Waals surface area contributed by atoms with Gasteiger partial charge in [-0.1, -0.05) is 16.5 Å². The van der Waals surface area contributed by atoms with E-state index in [9.17, 15) is 24.1 Å². The summed E-state index contributed by atoms with van der Waals surface area (Å²) < 4.78 is 43.1. The Morgan fingerprint density at radius 3 is 2.58 bits per heavy atom. The maximum atomic E-state index is 14.5. The van der Waals surface area contributed by atoms with E-state index in [-0.39, 0.29) is 23.4 Å². The van der Waals surface area contributed by atoms with Crippen LogP contribution < -0.4 is 0 Å². The maximum absolute atomic E-state index is 14.5. The molecule has 3 heterocycles. The van der Waals surface area contributed by atoms with Gasteiger partial charge < -0.3 is 24.8 Å². The number of aryl methyl sites for hydroxylation is 1. The van der Waals surface area contributed by atoms with Crippen molar-refractivity contribution < 1.29 is 33.6 Å². The highest BCUT2D eigenvalue weighted by Crippen LogP contribution is 2.40. The molecule has 11 nitrogen and oxygen atoms in total. The zero-order chi connectivity index (χ0) is 25.6. The summed E-state index contributed by atoms with van der Waals surface area (Å²) in [5.74, 6) is -2.01. The number of hydrogen-bond acceptors (Lipinski definition) is 9. The molecule has 2 aromatic heterocycles. The second-order valence-corrected chi connectivity index (χ2v) is 9.43. The zero-order valence-electron chi connectivity index (χ0n) is 19.8. The van der Waals surface area contributed by atoms with Crippen molar-refractivity contribution in [2.45, 2.75) is 68.8 Å². The van der Waals surface area contributed by atoms with Crippen LogP contribution in [0.15, 0.2) is 24.5 Å². The molecule has 13 heteroatoms. The normalized spacial score (nSPS) is 27.7. The molecule has 0 bridgehead atoms. The van der Waals surface area contributed by atoms with E-state index in [0.717, 1.165) is 6.42 Å². The van der Waals surface area contributed by atoms with Crippen LogP contribution in [-0.2, 0) is 21.6 Å². The molecule has 2 fully saturated rings. The molecule has 3 N–H and O–H groups in total. The molecule has 1 aromatic carbocycles. The largest absolute Gasteiger partial charge is 0.394 e. The first-order valence-corrected chi connectivity index (χ1v) is 11.7. The Bertz CT molecular complexity index is 1230. The molecule has 1 aliphatic carbocycles. The summed E-state index contributed by atoms with van der Waals surface area (Å²) in [5, 5.41) is 47.6. The van der Waals surface area contributed by atoms with Gasteiger partial charge >= 0.3 is 0 Å². The van der Waals surface area contributed by atoms with E-state index in [4.69, 9.17) is 9.47 Å². The topological polar surface area (TPSA) is 141 Å². The lowest BCUT2D eigenvalue weighted by molar-refractivity contribution is -0.216. The van der Waals surface area contributed by atoms with Crippen LogP contribution in [0.3, 0.4) is 0 Å². The number of hydrogen-bond donors (Lipinski definition) is 3. The first kappa shape index (κ1) is 24.8. The molecule has 1 aliphatic heterocycles. The van der Waals surface area contributed by atoms with Gasteiger partial charge in [0.25, 0.3) is 0 Å². The van der Waals surface area contributed by atoms with Crippen LogP contribution in [0.4, 0.5) is 8.78 Å². The highest BCUT2D eigenvalue weighted by Gasteiger charge is 2.47. The van der Waals surface area contributed by atoms with Crippen molar-refractivity contribution in [1.82, 2.24) is 30.0 Å². The second kappa shape index (κ2) is 9.56. The second-order valence-electron chi connectivity index (χ2n) is 9.43. The van der Waals surface area contributed by atoms with Crippen LogP contribution in [0.25, 0.3) is 11.3 Å². The Hall–Kier alpha value is -2.84. The van der Waals surface area contributed by atoms with Crippen LogP contribution in [0, 0.1) is 18.6 Å². The first-order chi connectivity index (χ1) is 17.3. The van der Waals surface area contributed by atoms with Crippen molar-refractivity contribution in [3.8, 4) is 11.3 Å². The molecule has 194 valence electrons. The van der Waals surface area contributed by atoms with Crippen LogP contribution in [0.1, 0.15) is 36.6 Å². The highest BCUT2D eigenvalue weighted by molar-refractivity contribution is 5.59. The van der Waals surface area contributed by atoms with Crippen LogP contribution in [-0.4, -0.2) is 83.4 Å². The third kappa shape index (κ3) is 4.20. The summed E-state index contributed by atoms with van der Waals surface area (Å²) in [6.07, 6.45) is 1.48. The van der Waals surface area contributed by atoms with E-state index in [1.54, 1.807) is 6.20 Å².